The lowest BCUT2D eigenvalue weighted by molar-refractivity contribution is 0.281. The van der Waals surface area contributed by atoms with Crippen LogP contribution < -0.4 is 4.90 Å². The summed E-state index contributed by atoms with van der Waals surface area (Å²) in [6.07, 6.45) is 2.80. The fourth-order valence-corrected chi connectivity index (χ4v) is 2.61. The van der Waals surface area contributed by atoms with Crippen LogP contribution in [0.1, 0.15) is 18.1 Å². The van der Waals surface area contributed by atoms with Gasteiger partial charge in [0, 0.05) is 17.9 Å². The van der Waals surface area contributed by atoms with Crippen LogP contribution in [0.15, 0.2) is 42.6 Å². The van der Waals surface area contributed by atoms with Gasteiger partial charge in [-0.2, -0.15) is 0 Å². The molecular weight excluding hydrogens is 224 g/mol. The average Bonchev–Trinajstić information content (AvgIpc) is 2.74. The minimum atomic E-state index is 0.0549. The summed E-state index contributed by atoms with van der Waals surface area (Å²) in [7, 11) is 0. The third kappa shape index (κ3) is 1.77. The normalized spacial score (nSPS) is 17.9. The Kier molecular flexibility index (Phi) is 2.76. The van der Waals surface area contributed by atoms with Gasteiger partial charge in [0.25, 0.3) is 0 Å². The maximum Gasteiger partial charge on any atom is 0.133 e. The van der Waals surface area contributed by atoms with Crippen molar-refractivity contribution in [1.29, 1.82) is 0 Å². The topological polar surface area (TPSA) is 36.4 Å². The van der Waals surface area contributed by atoms with Crippen LogP contribution in [0.4, 0.5) is 11.5 Å². The van der Waals surface area contributed by atoms with E-state index in [2.05, 4.69) is 41.1 Å². The molecule has 1 unspecified atom stereocenters. The van der Waals surface area contributed by atoms with E-state index in [-0.39, 0.29) is 6.61 Å². The first-order valence-electron chi connectivity index (χ1n) is 6.22. The summed E-state index contributed by atoms with van der Waals surface area (Å²) in [5.74, 6) is 0.916. The second-order valence-corrected chi connectivity index (χ2v) is 4.73. The Morgan fingerprint density at radius 2 is 2.17 bits per heavy atom. The molecule has 1 aromatic heterocycles. The van der Waals surface area contributed by atoms with Crippen molar-refractivity contribution in [3.8, 4) is 0 Å². The highest BCUT2D eigenvalue weighted by Crippen LogP contribution is 2.37. The molecule has 1 atom stereocenters. The van der Waals surface area contributed by atoms with Gasteiger partial charge < -0.3 is 10.0 Å². The minimum Gasteiger partial charge on any atom is -0.392 e. The molecule has 3 nitrogen and oxygen atoms in total. The first-order chi connectivity index (χ1) is 8.79. The van der Waals surface area contributed by atoms with E-state index < -0.39 is 0 Å². The van der Waals surface area contributed by atoms with E-state index in [1.807, 2.05) is 12.1 Å². The van der Waals surface area contributed by atoms with Gasteiger partial charge in [-0.25, -0.2) is 4.98 Å². The van der Waals surface area contributed by atoms with Gasteiger partial charge in [0.05, 0.1) is 6.61 Å². The van der Waals surface area contributed by atoms with Gasteiger partial charge in [-0.05, 0) is 42.7 Å². The number of aliphatic hydroxyl groups excluding tert-OH is 1. The van der Waals surface area contributed by atoms with Crippen molar-refractivity contribution in [2.45, 2.75) is 26.0 Å². The number of nitrogens with zero attached hydrogens (tertiary/aromatic N) is 2. The molecule has 2 heterocycles. The number of anilines is 2. The zero-order valence-electron chi connectivity index (χ0n) is 10.4. The summed E-state index contributed by atoms with van der Waals surface area (Å²) < 4.78 is 0. The number of pyridine rings is 1. The quantitative estimate of drug-likeness (QED) is 0.876. The van der Waals surface area contributed by atoms with E-state index in [1.54, 1.807) is 6.20 Å². The number of rotatable bonds is 2. The molecule has 0 radical (unpaired) electrons. The molecule has 0 spiro atoms. The van der Waals surface area contributed by atoms with Crippen molar-refractivity contribution in [1.82, 2.24) is 4.98 Å². The highest BCUT2D eigenvalue weighted by Gasteiger charge is 2.27. The standard InChI is InChI=1S/C15H16N2O/c1-11-8-13-4-2-3-5-14(13)17(11)15-9-12(10-18)6-7-16-15/h2-7,9,11,18H,8,10H2,1H3. The highest BCUT2D eigenvalue weighted by molar-refractivity contribution is 5.68. The van der Waals surface area contributed by atoms with E-state index >= 15 is 0 Å². The Balaban J connectivity index is 2.06. The molecule has 3 heteroatoms. The maximum atomic E-state index is 9.22. The third-order valence-electron chi connectivity index (χ3n) is 3.45. The molecule has 0 saturated heterocycles. The molecule has 0 aliphatic carbocycles. The molecule has 0 fully saturated rings. The molecule has 1 aliphatic heterocycles. The predicted molar refractivity (Wildman–Crippen MR) is 71.9 cm³/mol. The lowest BCUT2D eigenvalue weighted by Crippen LogP contribution is -2.24. The van der Waals surface area contributed by atoms with E-state index in [9.17, 15) is 5.11 Å². The third-order valence-corrected chi connectivity index (χ3v) is 3.45. The molecule has 0 bridgehead atoms. The van der Waals surface area contributed by atoms with Crippen LogP contribution in [0.2, 0.25) is 0 Å². The number of fused-ring (bicyclic) bond motifs is 1. The smallest absolute Gasteiger partial charge is 0.133 e. The van der Waals surface area contributed by atoms with Crippen molar-refractivity contribution < 1.29 is 5.11 Å². The SMILES string of the molecule is CC1Cc2ccccc2N1c1cc(CO)ccn1. The van der Waals surface area contributed by atoms with E-state index in [0.29, 0.717) is 6.04 Å². The predicted octanol–water partition coefficient (Wildman–Crippen LogP) is 2.66. The summed E-state index contributed by atoms with van der Waals surface area (Å²) >= 11 is 0. The van der Waals surface area contributed by atoms with Crippen LogP contribution in [-0.2, 0) is 13.0 Å². The van der Waals surface area contributed by atoms with Crippen molar-refractivity contribution in [3.63, 3.8) is 0 Å². The van der Waals surface area contributed by atoms with E-state index in [0.717, 1.165) is 17.8 Å². The lowest BCUT2D eigenvalue weighted by atomic mass is 10.1. The van der Waals surface area contributed by atoms with Gasteiger partial charge in [-0.15, -0.1) is 0 Å². The van der Waals surface area contributed by atoms with Crippen LogP contribution in [0.25, 0.3) is 0 Å². The summed E-state index contributed by atoms with van der Waals surface area (Å²) in [6, 6.07) is 12.6. The molecular formula is C15H16N2O. The molecule has 0 saturated carbocycles. The Bertz CT molecular complexity index is 568. The van der Waals surface area contributed by atoms with Crippen LogP contribution in [0.5, 0.6) is 0 Å². The van der Waals surface area contributed by atoms with Crippen molar-refractivity contribution in [3.05, 3.63) is 53.7 Å². The highest BCUT2D eigenvalue weighted by atomic mass is 16.3. The number of hydrogen-bond donors (Lipinski definition) is 1. The second kappa shape index (κ2) is 4.42. The Hall–Kier alpha value is -1.87. The van der Waals surface area contributed by atoms with Gasteiger partial charge >= 0.3 is 0 Å². The molecule has 1 N–H and O–H groups in total. The fourth-order valence-electron chi connectivity index (χ4n) is 2.61. The largest absolute Gasteiger partial charge is 0.392 e. The molecule has 0 amide bonds. The number of aliphatic hydroxyl groups is 1. The zero-order valence-corrected chi connectivity index (χ0v) is 10.4. The van der Waals surface area contributed by atoms with Crippen LogP contribution >= 0.6 is 0 Å². The number of aromatic nitrogens is 1. The first-order valence-corrected chi connectivity index (χ1v) is 6.22. The lowest BCUT2D eigenvalue weighted by Gasteiger charge is -2.24. The van der Waals surface area contributed by atoms with Gasteiger partial charge in [0.2, 0.25) is 0 Å². The Morgan fingerprint density at radius 3 is 3.00 bits per heavy atom. The van der Waals surface area contributed by atoms with Gasteiger partial charge in [0.15, 0.2) is 0 Å². The van der Waals surface area contributed by atoms with Crippen molar-refractivity contribution in [2.75, 3.05) is 4.90 Å². The summed E-state index contributed by atoms with van der Waals surface area (Å²) in [5, 5.41) is 9.22. The van der Waals surface area contributed by atoms with E-state index in [1.165, 1.54) is 11.3 Å². The van der Waals surface area contributed by atoms with Gasteiger partial charge in [-0.3, -0.25) is 0 Å². The van der Waals surface area contributed by atoms with Crippen LogP contribution in [-0.4, -0.2) is 16.1 Å². The monoisotopic (exact) mass is 240 g/mol. The molecule has 1 aromatic carbocycles. The van der Waals surface area contributed by atoms with Crippen LogP contribution in [0.3, 0.4) is 0 Å². The minimum absolute atomic E-state index is 0.0549. The Labute approximate surface area is 107 Å². The molecule has 2 aromatic rings. The molecule has 18 heavy (non-hydrogen) atoms. The van der Waals surface area contributed by atoms with Gasteiger partial charge in [0.1, 0.15) is 5.82 Å². The number of hydrogen-bond acceptors (Lipinski definition) is 3. The molecule has 3 rings (SSSR count). The second-order valence-electron chi connectivity index (χ2n) is 4.73. The number of benzene rings is 1. The summed E-state index contributed by atoms with van der Waals surface area (Å²) in [6.45, 7) is 2.26. The van der Waals surface area contributed by atoms with Crippen LogP contribution in [0, 0.1) is 0 Å². The van der Waals surface area contributed by atoms with Crippen molar-refractivity contribution >= 4 is 11.5 Å². The number of para-hydroxylation sites is 1. The van der Waals surface area contributed by atoms with E-state index in [4.69, 9.17) is 0 Å². The molecule has 1 aliphatic rings. The van der Waals surface area contributed by atoms with Crippen molar-refractivity contribution in [2.24, 2.45) is 0 Å². The Morgan fingerprint density at radius 1 is 1.33 bits per heavy atom. The summed E-state index contributed by atoms with van der Waals surface area (Å²) in [5.41, 5.74) is 3.49. The average molecular weight is 240 g/mol. The summed E-state index contributed by atoms with van der Waals surface area (Å²) in [4.78, 5) is 6.68. The molecule has 92 valence electrons. The zero-order chi connectivity index (χ0) is 12.5. The maximum absolute atomic E-state index is 9.22. The first kappa shape index (κ1) is 11.2. The fraction of sp³-hybridized carbons (Fsp3) is 0.267. The van der Waals surface area contributed by atoms with Gasteiger partial charge in [-0.1, -0.05) is 18.2 Å².